The Morgan fingerprint density at radius 2 is 2.16 bits per heavy atom. The second-order valence-corrected chi connectivity index (χ2v) is 6.66. The summed E-state index contributed by atoms with van der Waals surface area (Å²) in [6.07, 6.45) is 3.45. The number of nitrogens with zero attached hydrogens (tertiary/aromatic N) is 1. The van der Waals surface area contributed by atoms with E-state index in [2.05, 4.69) is 43.9 Å². The molecule has 1 aromatic rings. The van der Waals surface area contributed by atoms with E-state index in [1.165, 1.54) is 29.7 Å². The fourth-order valence-corrected chi connectivity index (χ4v) is 2.68. The molecule has 2 nitrogen and oxygen atoms in total. The van der Waals surface area contributed by atoms with E-state index in [-0.39, 0.29) is 5.41 Å². The number of benzene rings is 1. The summed E-state index contributed by atoms with van der Waals surface area (Å²) in [5.41, 5.74) is 9.99. The summed E-state index contributed by atoms with van der Waals surface area (Å²) in [4.78, 5) is 3.10. The minimum Gasteiger partial charge on any atom is -0.393 e. The van der Waals surface area contributed by atoms with Crippen LogP contribution in [0.15, 0.2) is 18.2 Å². The zero-order valence-electron chi connectivity index (χ0n) is 12.2. The van der Waals surface area contributed by atoms with Crippen molar-refractivity contribution in [3.05, 3.63) is 29.3 Å². The first kappa shape index (κ1) is 14.3. The third-order valence-corrected chi connectivity index (χ3v) is 4.68. The van der Waals surface area contributed by atoms with Gasteiger partial charge in [0.2, 0.25) is 0 Å². The van der Waals surface area contributed by atoms with Crippen molar-refractivity contribution in [3.63, 3.8) is 0 Å². The van der Waals surface area contributed by atoms with Gasteiger partial charge in [-0.3, -0.25) is 0 Å². The van der Waals surface area contributed by atoms with Gasteiger partial charge < -0.3 is 10.6 Å². The SMILES string of the molecule is Cc1ccc2c(c1)CCCN2CCC(C)(C)C(N)=S. The highest BCUT2D eigenvalue weighted by Gasteiger charge is 2.24. The predicted molar refractivity (Wildman–Crippen MR) is 86.9 cm³/mol. The zero-order chi connectivity index (χ0) is 14.0. The molecule has 0 amide bonds. The van der Waals surface area contributed by atoms with Crippen molar-refractivity contribution in [1.29, 1.82) is 0 Å². The standard InChI is InChI=1S/C16H24N2S/c1-12-6-7-14-13(11-12)5-4-9-18(14)10-8-16(2,3)15(17)19/h6-7,11H,4-5,8-10H2,1-3H3,(H2,17,19). The van der Waals surface area contributed by atoms with E-state index in [1.807, 2.05) is 0 Å². The average Bonchev–Trinajstić information content (AvgIpc) is 2.35. The molecule has 0 unspecified atom stereocenters. The number of hydrogen-bond donors (Lipinski definition) is 1. The maximum atomic E-state index is 5.81. The third-order valence-electron chi connectivity index (χ3n) is 4.12. The molecule has 104 valence electrons. The largest absolute Gasteiger partial charge is 0.393 e. The highest BCUT2D eigenvalue weighted by atomic mass is 32.1. The lowest BCUT2D eigenvalue weighted by Crippen LogP contribution is -2.37. The molecule has 0 atom stereocenters. The molecule has 19 heavy (non-hydrogen) atoms. The number of rotatable bonds is 4. The Labute approximate surface area is 122 Å². The van der Waals surface area contributed by atoms with Gasteiger partial charge in [0.1, 0.15) is 0 Å². The van der Waals surface area contributed by atoms with Gasteiger partial charge in [0.05, 0.1) is 4.99 Å². The Bertz CT molecular complexity index is 480. The highest BCUT2D eigenvalue weighted by molar-refractivity contribution is 7.80. The number of nitrogens with two attached hydrogens (primary N) is 1. The number of thiocarbonyl (C=S) groups is 1. The van der Waals surface area contributed by atoms with Gasteiger partial charge in [-0.15, -0.1) is 0 Å². The Hall–Kier alpha value is -1.09. The minimum atomic E-state index is -0.0579. The predicted octanol–water partition coefficient (Wildman–Crippen LogP) is 3.45. The molecule has 0 bridgehead atoms. The van der Waals surface area contributed by atoms with E-state index in [1.54, 1.807) is 0 Å². The summed E-state index contributed by atoms with van der Waals surface area (Å²) in [5.74, 6) is 0. The lowest BCUT2D eigenvalue weighted by Gasteiger charge is -2.34. The zero-order valence-corrected chi connectivity index (χ0v) is 13.0. The maximum absolute atomic E-state index is 5.81. The second-order valence-electron chi connectivity index (χ2n) is 6.22. The normalized spacial score (nSPS) is 15.2. The maximum Gasteiger partial charge on any atom is 0.0785 e. The van der Waals surface area contributed by atoms with Crippen LogP contribution < -0.4 is 10.6 Å². The first-order valence-electron chi connectivity index (χ1n) is 7.04. The molecule has 1 aliphatic rings. The van der Waals surface area contributed by atoms with E-state index < -0.39 is 0 Å². The van der Waals surface area contributed by atoms with Crippen LogP contribution in [0.25, 0.3) is 0 Å². The van der Waals surface area contributed by atoms with Crippen molar-refractivity contribution in [2.75, 3.05) is 18.0 Å². The molecular weight excluding hydrogens is 252 g/mol. The lowest BCUT2D eigenvalue weighted by atomic mass is 9.88. The van der Waals surface area contributed by atoms with Crippen LogP contribution in [0.1, 0.15) is 37.8 Å². The summed E-state index contributed by atoms with van der Waals surface area (Å²) < 4.78 is 0. The van der Waals surface area contributed by atoms with Gasteiger partial charge in [0.25, 0.3) is 0 Å². The molecular formula is C16H24N2S. The van der Waals surface area contributed by atoms with Gasteiger partial charge in [0.15, 0.2) is 0 Å². The van der Waals surface area contributed by atoms with Crippen LogP contribution >= 0.6 is 12.2 Å². The molecule has 0 radical (unpaired) electrons. The molecule has 3 heteroatoms. The molecule has 2 N–H and O–H groups in total. The van der Waals surface area contributed by atoms with E-state index >= 15 is 0 Å². The molecule has 2 rings (SSSR count). The van der Waals surface area contributed by atoms with Crippen molar-refractivity contribution in [1.82, 2.24) is 0 Å². The molecule has 1 aromatic carbocycles. The summed E-state index contributed by atoms with van der Waals surface area (Å²) in [6, 6.07) is 6.79. The molecule has 1 heterocycles. The molecule has 1 aliphatic heterocycles. The molecule has 0 aromatic heterocycles. The van der Waals surface area contributed by atoms with Gasteiger partial charge in [0, 0.05) is 24.2 Å². The number of anilines is 1. The first-order chi connectivity index (χ1) is 8.90. The smallest absolute Gasteiger partial charge is 0.0785 e. The number of hydrogen-bond acceptors (Lipinski definition) is 2. The van der Waals surface area contributed by atoms with Crippen LogP contribution in [0.3, 0.4) is 0 Å². The average molecular weight is 276 g/mol. The van der Waals surface area contributed by atoms with E-state index in [0.717, 1.165) is 19.5 Å². The highest BCUT2D eigenvalue weighted by Crippen LogP contribution is 2.30. The van der Waals surface area contributed by atoms with E-state index in [0.29, 0.717) is 4.99 Å². The molecule has 0 spiro atoms. The molecule has 0 saturated heterocycles. The monoisotopic (exact) mass is 276 g/mol. The van der Waals surface area contributed by atoms with Crippen LogP contribution in [0.4, 0.5) is 5.69 Å². The van der Waals surface area contributed by atoms with Crippen molar-refractivity contribution in [3.8, 4) is 0 Å². The molecule has 0 aliphatic carbocycles. The van der Waals surface area contributed by atoms with Crippen LogP contribution in [0.5, 0.6) is 0 Å². The van der Waals surface area contributed by atoms with Gasteiger partial charge in [-0.2, -0.15) is 0 Å². The van der Waals surface area contributed by atoms with E-state index in [4.69, 9.17) is 18.0 Å². The second kappa shape index (κ2) is 5.49. The minimum absolute atomic E-state index is 0.0579. The summed E-state index contributed by atoms with van der Waals surface area (Å²) in [6.45, 7) is 8.60. The van der Waals surface area contributed by atoms with E-state index in [9.17, 15) is 0 Å². The van der Waals surface area contributed by atoms with Crippen molar-refractivity contribution in [2.24, 2.45) is 11.1 Å². The van der Waals surface area contributed by atoms with Gasteiger partial charge in [-0.05, 0) is 37.8 Å². The Morgan fingerprint density at radius 1 is 1.42 bits per heavy atom. The van der Waals surface area contributed by atoms with Crippen LogP contribution in [0.2, 0.25) is 0 Å². The quantitative estimate of drug-likeness (QED) is 0.854. The van der Waals surface area contributed by atoms with Crippen molar-refractivity contribution >= 4 is 22.9 Å². The Kier molecular flexibility index (Phi) is 4.14. The third kappa shape index (κ3) is 3.27. The van der Waals surface area contributed by atoms with Gasteiger partial charge in [-0.25, -0.2) is 0 Å². The van der Waals surface area contributed by atoms with Crippen molar-refractivity contribution < 1.29 is 0 Å². The molecule has 0 fully saturated rings. The number of fused-ring (bicyclic) bond motifs is 1. The van der Waals surface area contributed by atoms with Crippen LogP contribution in [-0.4, -0.2) is 18.1 Å². The Balaban J connectivity index is 2.10. The molecule has 0 saturated carbocycles. The number of aryl methyl sites for hydroxylation is 2. The van der Waals surface area contributed by atoms with Crippen LogP contribution in [-0.2, 0) is 6.42 Å². The Morgan fingerprint density at radius 3 is 2.84 bits per heavy atom. The lowest BCUT2D eigenvalue weighted by molar-refractivity contribution is 0.471. The summed E-state index contributed by atoms with van der Waals surface area (Å²) in [5, 5.41) is 0. The topological polar surface area (TPSA) is 29.3 Å². The summed E-state index contributed by atoms with van der Waals surface area (Å²) in [7, 11) is 0. The van der Waals surface area contributed by atoms with Gasteiger partial charge >= 0.3 is 0 Å². The fraction of sp³-hybridized carbons (Fsp3) is 0.562. The van der Waals surface area contributed by atoms with Crippen LogP contribution in [0, 0.1) is 12.3 Å². The first-order valence-corrected chi connectivity index (χ1v) is 7.45. The van der Waals surface area contributed by atoms with Crippen molar-refractivity contribution in [2.45, 2.75) is 40.0 Å². The fourth-order valence-electron chi connectivity index (χ4n) is 2.57. The van der Waals surface area contributed by atoms with Gasteiger partial charge in [-0.1, -0.05) is 43.8 Å². The summed E-state index contributed by atoms with van der Waals surface area (Å²) >= 11 is 5.15.